The van der Waals surface area contributed by atoms with Gasteiger partial charge < -0.3 is 43.2 Å². The second-order valence-corrected chi connectivity index (χ2v) is 21.2. The third-order valence-corrected chi connectivity index (χ3v) is 15.8. The molecule has 7 rings (SSSR count). The number of likely N-dealkylation sites (N-methyl/N-ethyl adjacent to an activating group) is 1. The minimum Gasteiger partial charge on any atom is -0.458 e. The first kappa shape index (κ1) is 56.7. The number of carbonyl (C=O) groups excluding carboxylic acids is 4. The number of nitrogens with zero attached hydrogens (tertiary/aromatic N) is 9. The number of aliphatic hydroxyl groups is 1. The van der Waals surface area contributed by atoms with Crippen LogP contribution in [0, 0.1) is 33.8 Å². The number of rotatable bonds is 18. The number of benzene rings is 1. The maximum Gasteiger partial charge on any atom is 0.410 e. The van der Waals surface area contributed by atoms with E-state index in [1.165, 1.54) is 26.2 Å². The van der Waals surface area contributed by atoms with Crippen LogP contribution in [0.4, 0.5) is 10.5 Å². The van der Waals surface area contributed by atoms with Crippen molar-refractivity contribution < 1.29 is 52.9 Å². The molecule has 3 fully saturated rings. The Labute approximate surface area is 438 Å². The highest BCUT2D eigenvalue weighted by atomic mass is 16.7. The number of pyridine rings is 1. The first-order chi connectivity index (χ1) is 35.7. The molecule has 3 saturated heterocycles. The van der Waals surface area contributed by atoms with E-state index in [0.29, 0.717) is 51.7 Å². The third-order valence-electron chi connectivity index (χ3n) is 15.8. The number of aliphatic hydroxyl groups excluding tert-OH is 1. The zero-order valence-corrected chi connectivity index (χ0v) is 44.9. The fraction of sp³-hybridized carbons (Fsp3) is 0.630. The van der Waals surface area contributed by atoms with Crippen molar-refractivity contribution in [1.82, 2.24) is 39.3 Å². The first-order valence-electron chi connectivity index (χ1n) is 26.2. The third kappa shape index (κ3) is 12.8. The van der Waals surface area contributed by atoms with Crippen LogP contribution in [0.25, 0.3) is 11.3 Å². The monoisotopic (exact) mass is 1040 g/mol. The zero-order valence-electron chi connectivity index (χ0n) is 44.9. The Morgan fingerprint density at radius 3 is 2.37 bits per heavy atom. The molecule has 1 aromatic carbocycles. The van der Waals surface area contributed by atoms with Gasteiger partial charge in [0.2, 0.25) is 0 Å². The van der Waals surface area contributed by atoms with Gasteiger partial charge in [-0.15, -0.1) is 5.10 Å². The molecule has 21 nitrogen and oxygen atoms in total. The number of esters is 1. The predicted octanol–water partition coefficient (Wildman–Crippen LogP) is 6.28. The van der Waals surface area contributed by atoms with Crippen molar-refractivity contribution in [3.63, 3.8) is 0 Å². The van der Waals surface area contributed by atoms with Gasteiger partial charge in [0.25, 0.3) is 5.69 Å². The standard InChI is InChI=1S/C54H75N9O12/c1-11-44-54(8)48(62(52(68)75-54)24-13-12-23-60-31-42(56-32-60)39-15-14-22-55-29-39)35(4)45(64)33(2)28-53(7,71-10)49(36(5)46(65)37(6)50(67)73-44)74-51-47(66)43(27-34(3)72-51)59(9)25-21-40-30-61(58-57-40)26-20-38-16-18-41(19-17-38)63(69)70/h14-19,22,29-37,43-44,47-49,51,66H,11-13,20-21,23-28H2,1-10H3/t33-,34-,35+,36+,37-,43+,44-,47-,48-,49-,51+,53-,54-/m1/s1. The van der Waals surface area contributed by atoms with Gasteiger partial charge in [-0.05, 0) is 91.0 Å². The minimum absolute atomic E-state index is 0.0339. The van der Waals surface area contributed by atoms with Crippen LogP contribution in [-0.4, -0.2) is 154 Å². The summed E-state index contributed by atoms with van der Waals surface area (Å²) in [6.45, 7) is 15.8. The lowest BCUT2D eigenvalue weighted by molar-refractivity contribution is -0.384. The van der Waals surface area contributed by atoms with Gasteiger partial charge in [0.15, 0.2) is 17.7 Å². The Kier molecular flexibility index (Phi) is 18.4. The number of non-ortho nitro benzene ring substituents is 1. The highest BCUT2D eigenvalue weighted by Crippen LogP contribution is 2.43. The summed E-state index contributed by atoms with van der Waals surface area (Å²) in [7, 11) is 3.38. The summed E-state index contributed by atoms with van der Waals surface area (Å²) in [6.07, 6.45) is 6.63. The van der Waals surface area contributed by atoms with Gasteiger partial charge in [-0.2, -0.15) is 0 Å². The van der Waals surface area contributed by atoms with Crippen LogP contribution < -0.4 is 0 Å². The highest BCUT2D eigenvalue weighted by molar-refractivity contribution is 6.00. The smallest absolute Gasteiger partial charge is 0.410 e. The van der Waals surface area contributed by atoms with Gasteiger partial charge >= 0.3 is 12.1 Å². The quantitative estimate of drug-likeness (QED) is 0.0378. The van der Waals surface area contributed by atoms with Crippen molar-refractivity contribution in [3.05, 3.63) is 88.9 Å². The molecule has 13 atom stereocenters. The number of methoxy groups -OCH3 is 1. The topological polar surface area (TPSA) is 246 Å². The summed E-state index contributed by atoms with van der Waals surface area (Å²) >= 11 is 0. The lowest BCUT2D eigenvalue weighted by Gasteiger charge is -2.47. The van der Waals surface area contributed by atoms with Crippen molar-refractivity contribution in [3.8, 4) is 11.3 Å². The number of aryl methyl sites for hydroxylation is 3. The molecule has 0 bridgehead atoms. The molecular weight excluding hydrogens is 967 g/mol. The fourth-order valence-corrected chi connectivity index (χ4v) is 11.4. The largest absolute Gasteiger partial charge is 0.458 e. The van der Waals surface area contributed by atoms with Crippen molar-refractivity contribution in [2.24, 2.45) is 23.7 Å². The summed E-state index contributed by atoms with van der Waals surface area (Å²) in [5.41, 5.74) is 0.615. The van der Waals surface area contributed by atoms with E-state index in [-0.39, 0.29) is 37.0 Å². The van der Waals surface area contributed by atoms with Crippen molar-refractivity contribution >= 4 is 29.3 Å². The van der Waals surface area contributed by atoms with Gasteiger partial charge in [-0.3, -0.25) is 34.2 Å². The number of amides is 1. The lowest BCUT2D eigenvalue weighted by atomic mass is 9.73. The maximum absolute atomic E-state index is 15.0. The molecule has 0 unspecified atom stereocenters. The Balaban J connectivity index is 1.06. The van der Waals surface area contributed by atoms with Crippen LogP contribution in [0.3, 0.4) is 0 Å². The average Bonchev–Trinajstić information content (AvgIpc) is 4.14. The second kappa shape index (κ2) is 24.3. The van der Waals surface area contributed by atoms with Crippen LogP contribution >= 0.6 is 0 Å². The van der Waals surface area contributed by atoms with Crippen LogP contribution in [0.5, 0.6) is 0 Å². The molecule has 21 heteroatoms. The number of imidazole rings is 1. The number of cyclic esters (lactones) is 1. The zero-order chi connectivity index (χ0) is 54.4. The molecule has 3 aliphatic rings. The molecule has 1 amide bonds. The molecule has 3 aromatic heterocycles. The van der Waals surface area contributed by atoms with Gasteiger partial charge in [0.05, 0.1) is 46.5 Å². The van der Waals surface area contributed by atoms with Crippen molar-refractivity contribution in [1.29, 1.82) is 0 Å². The first-order valence-corrected chi connectivity index (χ1v) is 26.2. The Morgan fingerprint density at radius 2 is 1.69 bits per heavy atom. The second-order valence-electron chi connectivity index (χ2n) is 21.2. The Hall–Kier alpha value is -6.00. The Bertz CT molecular complexity index is 2600. The molecule has 0 spiro atoms. The molecule has 0 radical (unpaired) electrons. The Morgan fingerprint density at radius 1 is 0.960 bits per heavy atom. The molecule has 6 heterocycles. The van der Waals surface area contributed by atoms with Gasteiger partial charge in [0, 0.05) is 106 Å². The normalized spacial score (nSPS) is 31.0. The number of fused-ring (bicyclic) bond motifs is 1. The number of nitro benzene ring substituents is 1. The van der Waals surface area contributed by atoms with E-state index < -0.39 is 94.3 Å². The van der Waals surface area contributed by atoms with E-state index in [0.717, 1.165) is 22.5 Å². The molecule has 75 heavy (non-hydrogen) atoms. The molecule has 3 aliphatic heterocycles. The number of nitro groups is 1. The highest BCUT2D eigenvalue weighted by Gasteiger charge is 2.60. The number of hydrogen-bond donors (Lipinski definition) is 1. The summed E-state index contributed by atoms with van der Waals surface area (Å²) in [6, 6.07) is 8.94. The van der Waals surface area contributed by atoms with E-state index in [2.05, 4.69) is 20.3 Å². The minimum atomic E-state index is -1.44. The van der Waals surface area contributed by atoms with E-state index in [4.69, 9.17) is 23.7 Å². The summed E-state index contributed by atoms with van der Waals surface area (Å²) < 4.78 is 35.5. The van der Waals surface area contributed by atoms with Gasteiger partial charge in [-0.1, -0.05) is 45.0 Å². The lowest BCUT2D eigenvalue weighted by Crippen LogP contribution is -2.60. The van der Waals surface area contributed by atoms with Crippen LogP contribution in [0.15, 0.2) is 67.5 Å². The number of aromatic nitrogens is 6. The summed E-state index contributed by atoms with van der Waals surface area (Å²) in [5, 5.41) is 31.8. The van der Waals surface area contributed by atoms with E-state index in [1.807, 2.05) is 54.9 Å². The fourth-order valence-electron chi connectivity index (χ4n) is 11.4. The van der Waals surface area contributed by atoms with Crippen LogP contribution in [-0.2, 0) is 64.0 Å². The average molecular weight is 1040 g/mol. The number of unbranched alkanes of at least 4 members (excludes halogenated alkanes) is 1. The van der Waals surface area contributed by atoms with Gasteiger partial charge in [0.1, 0.15) is 23.9 Å². The maximum atomic E-state index is 15.0. The molecule has 0 aliphatic carbocycles. The number of Topliss-reactive ketones (excluding diaryl/α,β-unsaturated/α-hetero) is 2. The van der Waals surface area contributed by atoms with Crippen LogP contribution in [0.1, 0.15) is 98.8 Å². The van der Waals surface area contributed by atoms with E-state index in [9.17, 15) is 34.4 Å². The molecule has 408 valence electrons. The van der Waals surface area contributed by atoms with Crippen molar-refractivity contribution in [2.45, 2.75) is 167 Å². The van der Waals surface area contributed by atoms with E-state index in [1.54, 1.807) is 75.1 Å². The van der Waals surface area contributed by atoms with Gasteiger partial charge in [-0.25, -0.2) is 9.78 Å². The molecule has 0 saturated carbocycles. The summed E-state index contributed by atoms with van der Waals surface area (Å²) in [4.78, 5) is 80.8. The molecular formula is C54H75N9O12. The van der Waals surface area contributed by atoms with E-state index >= 15 is 0 Å². The molecule has 1 N–H and O–H groups in total. The predicted molar refractivity (Wildman–Crippen MR) is 274 cm³/mol. The number of ether oxygens (including phenoxy) is 5. The molecule has 4 aromatic rings. The SMILES string of the molecule is CC[C@H]1OC(=O)[C@H](C)C(=O)[C@H](C)[C@@H](O[C@@H]2O[C@H](C)C[C@H](N(C)CCc3cn(CCc4ccc([N+](=O)[O-])cc4)nn3)[C@H]2O)[C@](C)(OC)C[C@@H](C)C(=O)[C@H](C)[C@H]2N(CCCCn3cnc(-c4cccnc4)c3)C(=O)O[C@]12C. The number of ketones is 2. The number of hydrogen-bond acceptors (Lipinski definition) is 17. The summed E-state index contributed by atoms with van der Waals surface area (Å²) in [5.74, 6) is -5.31. The number of carbonyl (C=O) groups is 4. The van der Waals surface area contributed by atoms with Crippen molar-refractivity contribution in [2.75, 3.05) is 27.2 Å². The van der Waals surface area contributed by atoms with Crippen LogP contribution in [0.2, 0.25) is 0 Å².